The third-order valence-electron chi connectivity index (χ3n) is 5.17. The predicted octanol–water partition coefficient (Wildman–Crippen LogP) is 4.28. The first-order valence-corrected chi connectivity index (χ1v) is 10.2. The smallest absolute Gasteiger partial charge is 0.422 e. The molecule has 0 saturated heterocycles. The maximum Gasteiger partial charge on any atom is 0.422 e. The van der Waals surface area contributed by atoms with E-state index in [1.54, 1.807) is 36.1 Å². The summed E-state index contributed by atoms with van der Waals surface area (Å²) in [5, 5.41) is 5.10. The van der Waals surface area contributed by atoms with Crippen LogP contribution in [0.2, 0.25) is 0 Å². The molecule has 0 saturated carbocycles. The van der Waals surface area contributed by atoms with Crippen LogP contribution < -0.4 is 15.0 Å². The van der Waals surface area contributed by atoms with E-state index < -0.39 is 25.4 Å². The molecule has 11 heteroatoms. The van der Waals surface area contributed by atoms with Crippen LogP contribution in [0.1, 0.15) is 4.11 Å². The lowest BCUT2D eigenvalue weighted by Crippen LogP contribution is -2.23. The summed E-state index contributed by atoms with van der Waals surface area (Å²) in [5.74, 6) is -0.318. The Hall–Kier alpha value is -4.41. The lowest BCUT2D eigenvalue weighted by Gasteiger charge is -2.14. The largest absolute Gasteiger partial charge is 0.497 e. The Morgan fingerprint density at radius 2 is 1.80 bits per heavy atom. The van der Waals surface area contributed by atoms with Gasteiger partial charge >= 0.3 is 6.18 Å². The Kier molecular flexibility index (Phi) is 4.56. The number of ether oxygens (including phenoxy) is 2. The molecule has 3 aromatic heterocycles. The van der Waals surface area contributed by atoms with Gasteiger partial charge in [-0.15, -0.1) is 0 Å². The van der Waals surface area contributed by atoms with Gasteiger partial charge in [0.2, 0.25) is 5.88 Å². The average molecular weight is 484 g/mol. The number of benzene rings is 2. The van der Waals surface area contributed by atoms with E-state index in [1.807, 2.05) is 0 Å². The van der Waals surface area contributed by atoms with E-state index in [9.17, 15) is 18.0 Å². The van der Waals surface area contributed by atoms with Crippen LogP contribution in [0.4, 0.5) is 13.2 Å². The summed E-state index contributed by atoms with van der Waals surface area (Å²) in [6.45, 7) is -1.56. The zero-order valence-corrected chi connectivity index (χ0v) is 18.1. The molecule has 0 amide bonds. The third-order valence-corrected chi connectivity index (χ3v) is 5.17. The first-order chi connectivity index (χ1) is 17.9. The maximum absolute atomic E-state index is 13.8. The van der Waals surface area contributed by atoms with Gasteiger partial charge in [-0.05, 0) is 42.5 Å². The summed E-state index contributed by atoms with van der Waals surface area (Å²) < 4.78 is 72.3. The van der Waals surface area contributed by atoms with Crippen molar-refractivity contribution >= 4 is 22.1 Å². The number of nitrogens with zero attached hydrogens (tertiary/aromatic N) is 5. The van der Waals surface area contributed by atoms with Gasteiger partial charge in [-0.3, -0.25) is 14.0 Å². The lowest BCUT2D eigenvalue weighted by molar-refractivity contribution is -0.154. The normalized spacial score (nSPS) is 13.4. The molecule has 5 rings (SSSR count). The second-order valence-electron chi connectivity index (χ2n) is 7.67. The van der Waals surface area contributed by atoms with E-state index in [0.29, 0.717) is 5.56 Å². The van der Waals surface area contributed by atoms with Gasteiger partial charge in [0, 0.05) is 30.3 Å². The van der Waals surface area contributed by atoms with Crippen LogP contribution in [0.5, 0.6) is 11.6 Å². The molecule has 0 spiro atoms. The highest BCUT2D eigenvalue weighted by Gasteiger charge is 2.29. The number of fused-ring (bicyclic) bond motifs is 2. The Labute approximate surface area is 200 Å². The second-order valence-corrected chi connectivity index (χ2v) is 7.67. The average Bonchev–Trinajstić information content (AvgIpc) is 3.21. The number of methoxy groups -OCH3 is 1. The van der Waals surface area contributed by atoms with Crippen molar-refractivity contribution in [1.82, 2.24) is 24.3 Å². The summed E-state index contributed by atoms with van der Waals surface area (Å²) >= 11 is 0. The highest BCUT2D eigenvalue weighted by atomic mass is 19.4. The first kappa shape index (κ1) is 19.0. The fraction of sp³-hybridized carbons (Fsp3) is 0.167. The van der Waals surface area contributed by atoms with Gasteiger partial charge in [-0.25, -0.2) is 4.98 Å². The summed E-state index contributed by atoms with van der Waals surface area (Å²) in [4.78, 5) is 22.4. The molecular weight excluding hydrogens is 463 g/mol. The molecule has 5 aromatic rings. The maximum atomic E-state index is 13.8. The van der Waals surface area contributed by atoms with E-state index in [0.717, 1.165) is 10.9 Å². The quantitative estimate of drug-likeness (QED) is 0.370. The monoisotopic (exact) mass is 484 g/mol. The number of halogens is 3. The fourth-order valence-electron chi connectivity index (χ4n) is 3.67. The number of aryl methyl sites for hydroxylation is 1. The van der Waals surface area contributed by atoms with Gasteiger partial charge in [-0.2, -0.15) is 23.3 Å². The minimum absolute atomic E-state index is 0.0320. The molecule has 0 aliphatic carbocycles. The highest BCUT2D eigenvalue weighted by molar-refractivity contribution is 5.85. The van der Waals surface area contributed by atoms with E-state index in [1.165, 1.54) is 41.0 Å². The van der Waals surface area contributed by atoms with Crippen molar-refractivity contribution in [1.29, 1.82) is 0 Å². The Balaban J connectivity index is 1.69. The van der Waals surface area contributed by atoms with Gasteiger partial charge < -0.3 is 9.47 Å². The molecule has 35 heavy (non-hydrogen) atoms. The molecular formula is C24H18F3N5O3. The van der Waals surface area contributed by atoms with Crippen molar-refractivity contribution < 1.29 is 26.8 Å². The molecule has 0 radical (unpaired) electrons. The zero-order valence-electron chi connectivity index (χ0n) is 21.1. The molecule has 0 unspecified atom stereocenters. The fourth-order valence-corrected chi connectivity index (χ4v) is 3.67. The third kappa shape index (κ3) is 4.39. The lowest BCUT2D eigenvalue weighted by atomic mass is 10.1. The standard InChI is InChI=1S/C24H18F3N5O3/c1-31-12-15-11-14(3-8-18(15)30-31)21-23(33)32(16-4-6-17(34-2)7-5-16)22-19(28-21)9-10-20(29-22)35-13-24(25,26)27/h3-12H,13H2,1-2H3/i2D3. The number of pyridine rings is 1. The van der Waals surface area contributed by atoms with Crippen LogP contribution in [-0.4, -0.2) is 44.1 Å². The summed E-state index contributed by atoms with van der Waals surface area (Å²) in [6, 6.07) is 13.4. The molecule has 0 bridgehead atoms. The Morgan fingerprint density at radius 3 is 2.54 bits per heavy atom. The first-order valence-electron chi connectivity index (χ1n) is 11.7. The predicted molar refractivity (Wildman–Crippen MR) is 123 cm³/mol. The second kappa shape index (κ2) is 8.42. The molecule has 178 valence electrons. The van der Waals surface area contributed by atoms with Gasteiger partial charge in [-0.1, -0.05) is 6.07 Å². The van der Waals surface area contributed by atoms with Crippen LogP contribution in [0.25, 0.3) is 39.0 Å². The Bertz CT molecular complexity index is 1710. The summed E-state index contributed by atoms with van der Waals surface area (Å²) in [6.07, 6.45) is -2.80. The zero-order chi connectivity index (χ0) is 27.2. The minimum Gasteiger partial charge on any atom is -0.497 e. The number of alkyl halides is 3. The van der Waals surface area contributed by atoms with Gasteiger partial charge in [0.15, 0.2) is 12.3 Å². The topological polar surface area (TPSA) is 84.1 Å². The molecule has 0 atom stereocenters. The van der Waals surface area contributed by atoms with E-state index in [2.05, 4.69) is 15.1 Å². The molecule has 8 nitrogen and oxygen atoms in total. The van der Waals surface area contributed by atoms with Crippen molar-refractivity contribution in [3.05, 3.63) is 71.1 Å². The number of hydrogen-bond donors (Lipinski definition) is 0. The van der Waals surface area contributed by atoms with E-state index in [-0.39, 0.29) is 34.2 Å². The van der Waals surface area contributed by atoms with Crippen LogP contribution in [0.15, 0.2) is 65.6 Å². The Morgan fingerprint density at radius 1 is 1.03 bits per heavy atom. The van der Waals surface area contributed by atoms with E-state index >= 15 is 0 Å². The van der Waals surface area contributed by atoms with Crippen molar-refractivity contribution in [2.24, 2.45) is 7.05 Å². The molecule has 3 heterocycles. The van der Waals surface area contributed by atoms with Crippen molar-refractivity contribution in [3.8, 4) is 28.6 Å². The molecule has 0 fully saturated rings. The van der Waals surface area contributed by atoms with Crippen molar-refractivity contribution in [2.45, 2.75) is 6.18 Å². The summed E-state index contributed by atoms with van der Waals surface area (Å²) in [5.41, 5.74) is 1.09. The van der Waals surface area contributed by atoms with Crippen LogP contribution in [0.3, 0.4) is 0 Å². The highest BCUT2D eigenvalue weighted by Crippen LogP contribution is 2.25. The molecule has 2 aromatic carbocycles. The molecule has 0 N–H and O–H groups in total. The number of rotatable bonds is 5. The van der Waals surface area contributed by atoms with Crippen LogP contribution in [0, 0.1) is 0 Å². The van der Waals surface area contributed by atoms with E-state index in [4.69, 9.17) is 13.6 Å². The van der Waals surface area contributed by atoms with Gasteiger partial charge in [0.1, 0.15) is 17.0 Å². The molecule has 0 aliphatic heterocycles. The van der Waals surface area contributed by atoms with Crippen molar-refractivity contribution in [2.75, 3.05) is 13.6 Å². The molecule has 0 aliphatic rings. The van der Waals surface area contributed by atoms with Crippen molar-refractivity contribution in [3.63, 3.8) is 0 Å². The number of hydrogen-bond acceptors (Lipinski definition) is 6. The number of aromatic nitrogens is 5. The summed E-state index contributed by atoms with van der Waals surface area (Å²) in [7, 11) is -0.906. The SMILES string of the molecule is [2H]C([2H])([2H])Oc1ccc(-n2c(=O)c(-c3ccc4nn(C)cc4c3)nc3ccc(OCC(F)(F)F)nc32)cc1. The van der Waals surface area contributed by atoms with Gasteiger partial charge in [0.05, 0.1) is 22.4 Å². The van der Waals surface area contributed by atoms with Crippen LogP contribution in [-0.2, 0) is 7.05 Å². The van der Waals surface area contributed by atoms with Crippen LogP contribution >= 0.6 is 0 Å². The minimum atomic E-state index is -4.58. The van der Waals surface area contributed by atoms with Gasteiger partial charge in [0.25, 0.3) is 5.56 Å².